The molecule has 1 amide bonds. The van der Waals surface area contributed by atoms with Gasteiger partial charge in [0.2, 0.25) is 0 Å². The van der Waals surface area contributed by atoms with Gasteiger partial charge in [0.15, 0.2) is 0 Å². The second kappa shape index (κ2) is 7.16. The van der Waals surface area contributed by atoms with E-state index in [2.05, 4.69) is 12.2 Å². The first-order valence-corrected chi connectivity index (χ1v) is 8.75. The average molecular weight is 315 g/mol. The van der Waals surface area contributed by atoms with Gasteiger partial charge in [0, 0.05) is 18.0 Å². The van der Waals surface area contributed by atoms with Crippen LogP contribution in [0.1, 0.15) is 51.0 Å². The monoisotopic (exact) mass is 315 g/mol. The first-order valence-electron chi connectivity index (χ1n) is 8.75. The Bertz CT molecular complexity index is 560. The maximum absolute atomic E-state index is 12.1. The number of nitrogens with one attached hydrogen (secondary N) is 1. The van der Waals surface area contributed by atoms with Crippen LogP contribution < -0.4 is 5.32 Å². The van der Waals surface area contributed by atoms with Crippen LogP contribution in [-0.4, -0.2) is 18.0 Å². The third-order valence-electron chi connectivity index (χ3n) is 5.02. The number of ketones is 1. The largest absolute Gasteiger partial charge is 0.446 e. The van der Waals surface area contributed by atoms with Crippen molar-refractivity contribution in [2.24, 2.45) is 11.8 Å². The van der Waals surface area contributed by atoms with Crippen LogP contribution in [0.2, 0.25) is 0 Å². The molecular formula is C19H25NO3. The van der Waals surface area contributed by atoms with Crippen molar-refractivity contribution < 1.29 is 14.3 Å². The normalized spacial score (nSPS) is 23.5. The summed E-state index contributed by atoms with van der Waals surface area (Å²) in [6.45, 7) is 2.14. The Kier molecular flexibility index (Phi) is 4.99. The predicted octanol–water partition coefficient (Wildman–Crippen LogP) is 4.34. The molecule has 2 atom stereocenters. The van der Waals surface area contributed by atoms with Gasteiger partial charge in [-0.15, -0.1) is 0 Å². The van der Waals surface area contributed by atoms with Gasteiger partial charge in [-0.05, 0) is 55.7 Å². The molecule has 4 heteroatoms. The summed E-state index contributed by atoms with van der Waals surface area (Å²) in [6.07, 6.45) is 6.55. The van der Waals surface area contributed by atoms with Gasteiger partial charge in [0.25, 0.3) is 0 Å². The third-order valence-corrected chi connectivity index (χ3v) is 5.02. The molecule has 0 saturated heterocycles. The Balaban J connectivity index is 1.46. The Labute approximate surface area is 137 Å². The number of hydrogen-bond donors (Lipinski definition) is 1. The minimum absolute atomic E-state index is 0.0666. The highest BCUT2D eigenvalue weighted by molar-refractivity contribution is 5.86. The molecule has 0 radical (unpaired) electrons. The van der Waals surface area contributed by atoms with E-state index in [1.165, 1.54) is 0 Å². The molecule has 3 rings (SSSR count). The van der Waals surface area contributed by atoms with Crippen LogP contribution in [0.25, 0.3) is 0 Å². The summed E-state index contributed by atoms with van der Waals surface area (Å²) in [5, 5.41) is 2.75. The number of Topliss-reactive ketones (excluding diaryl/α,β-unsaturated/α-hetero) is 1. The van der Waals surface area contributed by atoms with E-state index in [4.69, 9.17) is 4.74 Å². The van der Waals surface area contributed by atoms with Crippen LogP contribution >= 0.6 is 0 Å². The number of amides is 1. The Morgan fingerprint density at radius 1 is 1.17 bits per heavy atom. The van der Waals surface area contributed by atoms with Gasteiger partial charge < -0.3 is 4.74 Å². The zero-order valence-corrected chi connectivity index (χ0v) is 13.7. The Morgan fingerprint density at radius 2 is 1.87 bits per heavy atom. The van der Waals surface area contributed by atoms with E-state index in [9.17, 15) is 9.59 Å². The molecule has 0 aromatic heterocycles. The van der Waals surface area contributed by atoms with Gasteiger partial charge >= 0.3 is 6.09 Å². The van der Waals surface area contributed by atoms with Crippen LogP contribution in [0.4, 0.5) is 10.5 Å². The zero-order chi connectivity index (χ0) is 16.2. The second-order valence-corrected chi connectivity index (χ2v) is 6.79. The number of ether oxygens (including phenoxy) is 1. The standard InChI is InChI=1S/C19H25NO3/c1-2-14-12-17(14)18(21)11-13-7-9-15(10-8-13)20-19(22)23-16-5-3-4-6-16/h7-10,14,16-17H,2-6,11-12H2,1H3,(H,20,22). The van der Waals surface area contributed by atoms with Crippen molar-refractivity contribution in [1.29, 1.82) is 0 Å². The highest BCUT2D eigenvalue weighted by atomic mass is 16.6. The van der Waals surface area contributed by atoms with Gasteiger partial charge in [-0.3, -0.25) is 10.1 Å². The lowest BCUT2D eigenvalue weighted by molar-refractivity contribution is -0.119. The van der Waals surface area contributed by atoms with Gasteiger partial charge in [0.05, 0.1) is 0 Å². The zero-order valence-electron chi connectivity index (χ0n) is 13.7. The number of anilines is 1. The number of carbonyl (C=O) groups is 2. The van der Waals surface area contributed by atoms with Crippen LogP contribution in [0.3, 0.4) is 0 Å². The fourth-order valence-corrected chi connectivity index (χ4v) is 3.44. The first kappa shape index (κ1) is 16.0. The van der Waals surface area contributed by atoms with Crippen molar-refractivity contribution in [2.75, 3.05) is 5.32 Å². The van der Waals surface area contributed by atoms with Crippen molar-refractivity contribution >= 4 is 17.6 Å². The predicted molar refractivity (Wildman–Crippen MR) is 89.4 cm³/mol. The highest BCUT2D eigenvalue weighted by Gasteiger charge is 2.40. The number of rotatable bonds is 6. The smallest absolute Gasteiger partial charge is 0.411 e. The van der Waals surface area contributed by atoms with Crippen LogP contribution in [-0.2, 0) is 16.0 Å². The molecule has 2 fully saturated rings. The van der Waals surface area contributed by atoms with Crippen LogP contribution in [0.15, 0.2) is 24.3 Å². The lowest BCUT2D eigenvalue weighted by atomic mass is 10.0. The fraction of sp³-hybridized carbons (Fsp3) is 0.579. The van der Waals surface area contributed by atoms with Crippen molar-refractivity contribution in [2.45, 2.75) is 58.0 Å². The SMILES string of the molecule is CCC1CC1C(=O)Cc1ccc(NC(=O)OC2CCCC2)cc1. The first-order chi connectivity index (χ1) is 11.2. The van der Waals surface area contributed by atoms with Crippen LogP contribution in [0, 0.1) is 11.8 Å². The van der Waals surface area contributed by atoms with Gasteiger partial charge in [-0.25, -0.2) is 4.79 Å². The third kappa shape index (κ3) is 4.34. The quantitative estimate of drug-likeness (QED) is 0.850. The van der Waals surface area contributed by atoms with Crippen molar-refractivity contribution in [3.8, 4) is 0 Å². The minimum Gasteiger partial charge on any atom is -0.446 e. The van der Waals surface area contributed by atoms with Gasteiger partial charge in [-0.2, -0.15) is 0 Å². The lowest BCUT2D eigenvalue weighted by Gasteiger charge is -2.12. The average Bonchev–Trinajstić information content (AvgIpc) is 3.18. The Morgan fingerprint density at radius 3 is 2.48 bits per heavy atom. The van der Waals surface area contributed by atoms with E-state index in [0.29, 0.717) is 23.8 Å². The molecule has 1 aromatic rings. The molecular weight excluding hydrogens is 290 g/mol. The van der Waals surface area contributed by atoms with E-state index in [1.54, 1.807) is 0 Å². The molecule has 2 unspecified atom stereocenters. The molecule has 0 heterocycles. The molecule has 0 spiro atoms. The Hall–Kier alpha value is -1.84. The summed E-state index contributed by atoms with van der Waals surface area (Å²) in [5.41, 5.74) is 1.72. The summed E-state index contributed by atoms with van der Waals surface area (Å²) >= 11 is 0. The molecule has 0 aliphatic heterocycles. The van der Waals surface area contributed by atoms with E-state index in [1.807, 2.05) is 24.3 Å². The van der Waals surface area contributed by atoms with E-state index in [-0.39, 0.29) is 18.1 Å². The van der Waals surface area contributed by atoms with E-state index >= 15 is 0 Å². The molecule has 1 aromatic carbocycles. The van der Waals surface area contributed by atoms with Crippen LogP contribution in [0.5, 0.6) is 0 Å². The second-order valence-electron chi connectivity index (χ2n) is 6.79. The molecule has 1 N–H and O–H groups in total. The van der Waals surface area contributed by atoms with Crippen molar-refractivity contribution in [3.05, 3.63) is 29.8 Å². The molecule has 124 valence electrons. The lowest BCUT2D eigenvalue weighted by Crippen LogP contribution is -2.20. The van der Waals surface area contributed by atoms with Crippen molar-refractivity contribution in [1.82, 2.24) is 0 Å². The molecule has 0 bridgehead atoms. The molecule has 4 nitrogen and oxygen atoms in total. The highest BCUT2D eigenvalue weighted by Crippen LogP contribution is 2.42. The topological polar surface area (TPSA) is 55.4 Å². The van der Waals surface area contributed by atoms with E-state index < -0.39 is 0 Å². The van der Waals surface area contributed by atoms with Gasteiger partial charge in [-0.1, -0.05) is 25.5 Å². The number of carbonyl (C=O) groups excluding carboxylic acids is 2. The maximum Gasteiger partial charge on any atom is 0.411 e. The molecule has 2 aliphatic rings. The summed E-state index contributed by atoms with van der Waals surface area (Å²) in [6, 6.07) is 7.49. The number of benzene rings is 1. The van der Waals surface area contributed by atoms with E-state index in [0.717, 1.165) is 44.1 Å². The summed E-state index contributed by atoms with van der Waals surface area (Å²) in [4.78, 5) is 23.9. The summed E-state index contributed by atoms with van der Waals surface area (Å²) < 4.78 is 5.37. The minimum atomic E-state index is -0.385. The maximum atomic E-state index is 12.1. The van der Waals surface area contributed by atoms with Gasteiger partial charge in [0.1, 0.15) is 11.9 Å². The molecule has 2 saturated carbocycles. The fourth-order valence-electron chi connectivity index (χ4n) is 3.44. The summed E-state index contributed by atoms with van der Waals surface area (Å²) in [5.74, 6) is 1.23. The van der Waals surface area contributed by atoms with Crippen molar-refractivity contribution in [3.63, 3.8) is 0 Å². The molecule has 23 heavy (non-hydrogen) atoms. The molecule has 2 aliphatic carbocycles. The number of hydrogen-bond acceptors (Lipinski definition) is 3. The summed E-state index contributed by atoms with van der Waals surface area (Å²) in [7, 11) is 0.